The van der Waals surface area contributed by atoms with E-state index in [2.05, 4.69) is 17.5 Å². The summed E-state index contributed by atoms with van der Waals surface area (Å²) in [6.45, 7) is 2.60. The van der Waals surface area contributed by atoms with Gasteiger partial charge in [0.05, 0.1) is 18.4 Å². The van der Waals surface area contributed by atoms with E-state index in [0.717, 1.165) is 24.2 Å². The molecule has 134 valence electrons. The molecule has 2 aromatic carbocycles. The molecular formula is C20H21N3O3. The number of hydrazone groups is 1. The minimum absolute atomic E-state index is 0.222. The van der Waals surface area contributed by atoms with Gasteiger partial charge in [0, 0.05) is 0 Å². The van der Waals surface area contributed by atoms with Crippen LogP contribution in [0.2, 0.25) is 0 Å². The Hall–Kier alpha value is -3.33. The first-order valence-corrected chi connectivity index (χ1v) is 8.39. The summed E-state index contributed by atoms with van der Waals surface area (Å²) in [6.07, 6.45) is 3.66. The summed E-state index contributed by atoms with van der Waals surface area (Å²) in [5.41, 5.74) is 3.60. The van der Waals surface area contributed by atoms with Crippen LogP contribution in [0.5, 0.6) is 11.5 Å². The molecule has 0 unspecified atom stereocenters. The molecule has 0 bridgehead atoms. The lowest BCUT2D eigenvalue weighted by Crippen LogP contribution is -2.24. The first-order valence-electron chi connectivity index (χ1n) is 8.39. The highest BCUT2D eigenvalue weighted by Gasteiger charge is 2.05. The topological polar surface area (TPSA) is 83.7 Å². The molecule has 6 nitrogen and oxygen atoms in total. The monoisotopic (exact) mass is 351 g/mol. The number of amides is 1. The van der Waals surface area contributed by atoms with Crippen LogP contribution >= 0.6 is 0 Å². The van der Waals surface area contributed by atoms with Crippen LogP contribution in [0.15, 0.2) is 53.6 Å². The fourth-order valence-electron chi connectivity index (χ4n) is 2.02. The van der Waals surface area contributed by atoms with Crippen molar-refractivity contribution in [3.05, 3.63) is 59.7 Å². The van der Waals surface area contributed by atoms with Gasteiger partial charge in [0.15, 0.2) is 6.61 Å². The predicted octanol–water partition coefficient (Wildman–Crippen LogP) is 3.27. The molecule has 0 saturated carbocycles. The fourth-order valence-corrected chi connectivity index (χ4v) is 2.02. The second-order valence-corrected chi connectivity index (χ2v) is 5.46. The molecule has 0 aliphatic rings. The molecule has 26 heavy (non-hydrogen) atoms. The largest absolute Gasteiger partial charge is 0.494 e. The molecule has 0 aliphatic carbocycles. The van der Waals surface area contributed by atoms with Crippen LogP contribution < -0.4 is 14.9 Å². The first kappa shape index (κ1) is 19.0. The summed E-state index contributed by atoms with van der Waals surface area (Å²) in [5.74, 6) is 0.769. The van der Waals surface area contributed by atoms with Gasteiger partial charge < -0.3 is 9.47 Å². The molecule has 0 aromatic heterocycles. The Labute approximate surface area is 153 Å². The van der Waals surface area contributed by atoms with E-state index < -0.39 is 5.91 Å². The Morgan fingerprint density at radius 1 is 1.19 bits per heavy atom. The lowest BCUT2D eigenvalue weighted by atomic mass is 10.2. The Morgan fingerprint density at radius 2 is 1.96 bits per heavy atom. The lowest BCUT2D eigenvalue weighted by molar-refractivity contribution is -0.123. The lowest BCUT2D eigenvalue weighted by Gasteiger charge is -2.06. The summed E-state index contributed by atoms with van der Waals surface area (Å²) in [5, 5.41) is 12.9. The van der Waals surface area contributed by atoms with Crippen molar-refractivity contribution in [2.24, 2.45) is 5.10 Å². The minimum atomic E-state index is -0.409. The van der Waals surface area contributed by atoms with Crippen LogP contribution in [-0.4, -0.2) is 25.3 Å². The van der Waals surface area contributed by atoms with Crippen molar-refractivity contribution in [2.45, 2.75) is 19.8 Å². The average molecular weight is 351 g/mol. The maximum absolute atomic E-state index is 11.8. The summed E-state index contributed by atoms with van der Waals surface area (Å²) in [6, 6.07) is 16.2. The zero-order valence-electron chi connectivity index (χ0n) is 14.6. The van der Waals surface area contributed by atoms with Crippen molar-refractivity contribution >= 4 is 12.1 Å². The van der Waals surface area contributed by atoms with Gasteiger partial charge in [-0.05, 0) is 48.4 Å². The van der Waals surface area contributed by atoms with Gasteiger partial charge in [-0.3, -0.25) is 4.79 Å². The molecule has 1 amide bonds. The fraction of sp³-hybridized carbons (Fsp3) is 0.250. The number of nitriles is 1. The van der Waals surface area contributed by atoms with Gasteiger partial charge in [-0.25, -0.2) is 5.43 Å². The van der Waals surface area contributed by atoms with E-state index in [1.54, 1.807) is 24.3 Å². The van der Waals surface area contributed by atoms with E-state index in [1.165, 1.54) is 6.21 Å². The van der Waals surface area contributed by atoms with Gasteiger partial charge in [-0.2, -0.15) is 10.4 Å². The molecule has 2 rings (SSSR count). The number of benzene rings is 2. The third kappa shape index (κ3) is 6.29. The number of unbranched alkanes of at least 4 members (excludes halogenated alkanes) is 1. The van der Waals surface area contributed by atoms with Crippen molar-refractivity contribution in [3.8, 4) is 17.6 Å². The van der Waals surface area contributed by atoms with Crippen LogP contribution in [-0.2, 0) is 4.79 Å². The third-order valence-electron chi connectivity index (χ3n) is 3.42. The summed E-state index contributed by atoms with van der Waals surface area (Å²) in [4.78, 5) is 11.8. The highest BCUT2D eigenvalue weighted by Crippen LogP contribution is 2.16. The Kier molecular flexibility index (Phi) is 7.69. The summed E-state index contributed by atoms with van der Waals surface area (Å²) >= 11 is 0. The van der Waals surface area contributed by atoms with Crippen LogP contribution in [0.25, 0.3) is 0 Å². The quantitative estimate of drug-likeness (QED) is 0.427. The second kappa shape index (κ2) is 10.5. The Morgan fingerprint density at radius 3 is 2.69 bits per heavy atom. The molecule has 1 N–H and O–H groups in total. The highest BCUT2D eigenvalue weighted by atomic mass is 16.5. The predicted molar refractivity (Wildman–Crippen MR) is 99.2 cm³/mol. The van der Waals surface area contributed by atoms with E-state index in [0.29, 0.717) is 17.9 Å². The van der Waals surface area contributed by atoms with E-state index in [9.17, 15) is 4.79 Å². The molecule has 0 spiro atoms. The second-order valence-electron chi connectivity index (χ2n) is 5.46. The third-order valence-corrected chi connectivity index (χ3v) is 3.42. The zero-order valence-corrected chi connectivity index (χ0v) is 14.6. The van der Waals surface area contributed by atoms with Crippen molar-refractivity contribution < 1.29 is 14.3 Å². The Balaban J connectivity index is 1.77. The number of hydrogen-bond acceptors (Lipinski definition) is 5. The smallest absolute Gasteiger partial charge is 0.277 e. The number of ether oxygens (including phenoxy) is 2. The molecule has 6 heteroatoms. The Bertz CT molecular complexity index is 780. The van der Waals surface area contributed by atoms with E-state index >= 15 is 0 Å². The number of carbonyl (C=O) groups is 1. The first-order chi connectivity index (χ1) is 12.7. The van der Waals surface area contributed by atoms with Gasteiger partial charge in [0.1, 0.15) is 17.6 Å². The van der Waals surface area contributed by atoms with Crippen molar-refractivity contribution in [2.75, 3.05) is 13.2 Å². The number of hydrogen-bond donors (Lipinski definition) is 1. The molecule has 0 atom stereocenters. The zero-order chi connectivity index (χ0) is 18.6. The summed E-state index contributed by atoms with van der Waals surface area (Å²) in [7, 11) is 0. The number of para-hydroxylation sites is 1. The van der Waals surface area contributed by atoms with Crippen molar-refractivity contribution in [1.82, 2.24) is 5.43 Å². The number of nitrogens with zero attached hydrogens (tertiary/aromatic N) is 2. The van der Waals surface area contributed by atoms with Crippen LogP contribution in [0.1, 0.15) is 30.9 Å². The standard InChI is InChI=1S/C20H21N3O3/c1-2-3-12-25-18-10-8-16(9-11-18)14-22-23-20(24)15-26-19-7-5-4-6-17(19)13-21/h4-11,14H,2-3,12,15H2,1H3,(H,23,24)/b22-14+. The van der Waals surface area contributed by atoms with Gasteiger partial charge in [0.25, 0.3) is 5.91 Å². The maximum atomic E-state index is 11.8. The average Bonchev–Trinajstić information content (AvgIpc) is 2.68. The molecule has 0 radical (unpaired) electrons. The van der Waals surface area contributed by atoms with Gasteiger partial charge in [-0.1, -0.05) is 25.5 Å². The molecule has 0 aliphatic heterocycles. The van der Waals surface area contributed by atoms with Crippen molar-refractivity contribution in [1.29, 1.82) is 5.26 Å². The number of carbonyl (C=O) groups excluding carboxylic acids is 1. The van der Waals surface area contributed by atoms with Gasteiger partial charge in [0.2, 0.25) is 0 Å². The van der Waals surface area contributed by atoms with Gasteiger partial charge >= 0.3 is 0 Å². The molecule has 0 saturated heterocycles. The minimum Gasteiger partial charge on any atom is -0.494 e. The maximum Gasteiger partial charge on any atom is 0.277 e. The van der Waals surface area contributed by atoms with Crippen LogP contribution in [0.4, 0.5) is 0 Å². The number of rotatable bonds is 9. The van der Waals surface area contributed by atoms with E-state index in [4.69, 9.17) is 14.7 Å². The van der Waals surface area contributed by atoms with Gasteiger partial charge in [-0.15, -0.1) is 0 Å². The normalized spacial score (nSPS) is 10.3. The summed E-state index contributed by atoms with van der Waals surface area (Å²) < 4.78 is 10.9. The SMILES string of the molecule is CCCCOc1ccc(/C=N/NC(=O)COc2ccccc2C#N)cc1. The molecule has 0 heterocycles. The van der Waals surface area contributed by atoms with Crippen LogP contribution in [0, 0.1) is 11.3 Å². The highest BCUT2D eigenvalue weighted by molar-refractivity contribution is 5.83. The number of nitrogens with one attached hydrogen (secondary N) is 1. The van der Waals surface area contributed by atoms with Crippen LogP contribution in [0.3, 0.4) is 0 Å². The van der Waals surface area contributed by atoms with E-state index in [1.807, 2.05) is 30.3 Å². The molecule has 0 fully saturated rings. The molecular weight excluding hydrogens is 330 g/mol. The van der Waals surface area contributed by atoms with Crippen molar-refractivity contribution in [3.63, 3.8) is 0 Å². The molecule has 2 aromatic rings. The van der Waals surface area contributed by atoms with E-state index in [-0.39, 0.29) is 6.61 Å².